The number of nitrogens with zero attached hydrogens (tertiary/aromatic N) is 2. The number of fused-ring (bicyclic) bond motifs is 1. The Kier molecular flexibility index (Phi) is 3.38. The first-order chi connectivity index (χ1) is 8.29. The fourth-order valence-electron chi connectivity index (χ4n) is 1.52. The van der Waals surface area contributed by atoms with Gasteiger partial charge in [-0.15, -0.1) is 0 Å². The molecule has 2 rings (SSSR count). The lowest BCUT2D eigenvalue weighted by molar-refractivity contribution is 0.0543. The first-order valence-electron chi connectivity index (χ1n) is 5.34. The molecule has 0 saturated carbocycles. The molecule has 0 bridgehead atoms. The maximum absolute atomic E-state index is 12.0. The molecule has 0 aliphatic heterocycles. The minimum Gasteiger partial charge on any atom is -0.443 e. The molecule has 4 nitrogen and oxygen atoms in total. The van der Waals surface area contributed by atoms with Crippen LogP contribution in [0.15, 0.2) is 22.9 Å². The van der Waals surface area contributed by atoms with E-state index >= 15 is 0 Å². The van der Waals surface area contributed by atoms with Gasteiger partial charge in [0.25, 0.3) is 0 Å². The van der Waals surface area contributed by atoms with Crippen molar-refractivity contribution in [2.24, 2.45) is 0 Å². The smallest absolute Gasteiger partial charge is 0.420 e. The molecule has 0 spiro atoms. The van der Waals surface area contributed by atoms with Gasteiger partial charge >= 0.3 is 6.09 Å². The number of pyridine rings is 1. The van der Waals surface area contributed by atoms with Gasteiger partial charge in [-0.1, -0.05) is 11.6 Å². The highest BCUT2D eigenvalue weighted by atomic mass is 79.9. The average molecular weight is 332 g/mol. The number of carbonyl (C=O) groups is 1. The van der Waals surface area contributed by atoms with E-state index in [0.717, 1.165) is 4.47 Å². The highest BCUT2D eigenvalue weighted by Gasteiger charge is 2.21. The number of carbonyl (C=O) groups excluding carboxylic acids is 1. The summed E-state index contributed by atoms with van der Waals surface area (Å²) >= 11 is 9.48. The molecular weight excluding hydrogens is 320 g/mol. The minimum atomic E-state index is -0.563. The molecule has 0 amide bonds. The molecule has 0 N–H and O–H groups in total. The fourth-order valence-corrected chi connectivity index (χ4v) is 2.43. The van der Waals surface area contributed by atoms with Crippen LogP contribution in [0.1, 0.15) is 20.8 Å². The maximum atomic E-state index is 12.0. The summed E-state index contributed by atoms with van der Waals surface area (Å²) < 4.78 is 7.40. The molecule has 0 aliphatic carbocycles. The van der Waals surface area contributed by atoms with E-state index in [1.54, 1.807) is 12.3 Å². The Morgan fingerprint density at radius 3 is 2.78 bits per heavy atom. The van der Waals surface area contributed by atoms with Crippen LogP contribution >= 0.6 is 27.5 Å². The fraction of sp³-hybridized carbons (Fsp3) is 0.333. The number of rotatable bonds is 0. The molecule has 0 aromatic carbocycles. The average Bonchev–Trinajstić information content (AvgIpc) is 2.55. The highest BCUT2D eigenvalue weighted by Crippen LogP contribution is 2.31. The number of ether oxygens (including phenoxy) is 1. The second kappa shape index (κ2) is 4.55. The summed E-state index contributed by atoms with van der Waals surface area (Å²) in [6, 6.07) is 1.77. The van der Waals surface area contributed by atoms with Gasteiger partial charge < -0.3 is 4.74 Å². The van der Waals surface area contributed by atoms with Crippen LogP contribution < -0.4 is 0 Å². The van der Waals surface area contributed by atoms with Crippen LogP contribution in [0, 0.1) is 0 Å². The summed E-state index contributed by atoms with van der Waals surface area (Å²) in [6.07, 6.45) is 2.62. The molecule has 0 aliphatic rings. The standard InChI is InChI=1S/C12H12BrClN2O2/c1-12(2,3)18-11(17)16-6-8(14)9-7(13)4-5-15-10(9)16/h4-6H,1-3H3. The lowest BCUT2D eigenvalue weighted by Gasteiger charge is -2.19. The number of hydrogen-bond donors (Lipinski definition) is 0. The third-order valence-electron chi connectivity index (χ3n) is 2.18. The molecule has 0 fully saturated rings. The largest absolute Gasteiger partial charge is 0.443 e. The normalized spacial score (nSPS) is 11.8. The Hall–Kier alpha value is -1.07. The second-order valence-corrected chi connectivity index (χ2v) is 6.08. The van der Waals surface area contributed by atoms with Crippen molar-refractivity contribution in [2.75, 3.05) is 0 Å². The zero-order chi connectivity index (χ0) is 13.5. The Morgan fingerprint density at radius 2 is 2.17 bits per heavy atom. The maximum Gasteiger partial charge on any atom is 0.420 e. The van der Waals surface area contributed by atoms with Crippen molar-refractivity contribution in [3.05, 3.63) is 28.0 Å². The van der Waals surface area contributed by atoms with Gasteiger partial charge in [-0.05, 0) is 42.8 Å². The Morgan fingerprint density at radius 1 is 1.50 bits per heavy atom. The van der Waals surface area contributed by atoms with Gasteiger partial charge in [-0.25, -0.2) is 14.3 Å². The van der Waals surface area contributed by atoms with Crippen LogP contribution in [-0.2, 0) is 4.74 Å². The third-order valence-corrected chi connectivity index (χ3v) is 3.13. The number of hydrogen-bond acceptors (Lipinski definition) is 3. The van der Waals surface area contributed by atoms with Gasteiger partial charge in [-0.3, -0.25) is 0 Å². The van der Waals surface area contributed by atoms with E-state index in [9.17, 15) is 4.79 Å². The van der Waals surface area contributed by atoms with Crippen LogP contribution in [0.3, 0.4) is 0 Å². The lowest BCUT2D eigenvalue weighted by atomic mass is 10.2. The van der Waals surface area contributed by atoms with Gasteiger partial charge in [0.2, 0.25) is 0 Å². The SMILES string of the molecule is CC(C)(C)OC(=O)n1cc(Cl)c2c(Br)ccnc21. The Labute approximate surface area is 118 Å². The second-order valence-electron chi connectivity index (χ2n) is 4.82. The van der Waals surface area contributed by atoms with E-state index in [4.69, 9.17) is 16.3 Å². The zero-order valence-corrected chi connectivity index (χ0v) is 12.5. The van der Waals surface area contributed by atoms with Crippen molar-refractivity contribution in [2.45, 2.75) is 26.4 Å². The monoisotopic (exact) mass is 330 g/mol. The molecule has 6 heteroatoms. The topological polar surface area (TPSA) is 44.1 Å². The molecule has 2 aromatic rings. The summed E-state index contributed by atoms with van der Waals surface area (Å²) in [5.74, 6) is 0. The lowest BCUT2D eigenvalue weighted by Crippen LogP contribution is -2.26. The van der Waals surface area contributed by atoms with Crippen LogP contribution in [0.4, 0.5) is 4.79 Å². The van der Waals surface area contributed by atoms with E-state index in [0.29, 0.717) is 16.1 Å². The van der Waals surface area contributed by atoms with Crippen LogP contribution in [0.2, 0.25) is 5.02 Å². The molecule has 0 unspecified atom stereocenters. The van der Waals surface area contributed by atoms with Crippen molar-refractivity contribution in [1.82, 2.24) is 9.55 Å². The van der Waals surface area contributed by atoms with Crippen LogP contribution in [0.5, 0.6) is 0 Å². The number of aromatic nitrogens is 2. The van der Waals surface area contributed by atoms with Crippen molar-refractivity contribution in [1.29, 1.82) is 0 Å². The van der Waals surface area contributed by atoms with E-state index in [1.807, 2.05) is 20.8 Å². The van der Waals surface area contributed by atoms with E-state index < -0.39 is 11.7 Å². The summed E-state index contributed by atoms with van der Waals surface area (Å²) in [5.41, 5.74) is -0.0877. The number of halogens is 2. The molecule has 0 atom stereocenters. The molecule has 18 heavy (non-hydrogen) atoms. The van der Waals surface area contributed by atoms with Crippen molar-refractivity contribution < 1.29 is 9.53 Å². The quantitative estimate of drug-likeness (QED) is 0.725. The van der Waals surface area contributed by atoms with Crippen LogP contribution in [0.25, 0.3) is 11.0 Å². The zero-order valence-electron chi connectivity index (χ0n) is 10.2. The molecule has 0 radical (unpaired) electrons. The first kappa shape index (κ1) is 13.4. The summed E-state index contributed by atoms with van der Waals surface area (Å²) in [6.45, 7) is 5.42. The van der Waals surface area contributed by atoms with Gasteiger partial charge in [0, 0.05) is 16.9 Å². The summed E-state index contributed by atoms with van der Waals surface area (Å²) in [4.78, 5) is 16.2. The van der Waals surface area contributed by atoms with Gasteiger partial charge in [-0.2, -0.15) is 0 Å². The predicted molar refractivity (Wildman–Crippen MR) is 74.1 cm³/mol. The van der Waals surface area contributed by atoms with Gasteiger partial charge in [0.05, 0.1) is 10.4 Å². The molecule has 96 valence electrons. The van der Waals surface area contributed by atoms with Gasteiger partial charge in [0.15, 0.2) is 5.65 Å². The minimum absolute atomic E-state index is 0.454. The van der Waals surface area contributed by atoms with E-state index in [1.165, 1.54) is 10.8 Å². The Balaban J connectivity index is 2.53. The summed E-state index contributed by atoms with van der Waals surface area (Å²) in [7, 11) is 0. The van der Waals surface area contributed by atoms with E-state index in [-0.39, 0.29) is 0 Å². The van der Waals surface area contributed by atoms with Crippen molar-refractivity contribution in [3.63, 3.8) is 0 Å². The van der Waals surface area contributed by atoms with Gasteiger partial charge in [0.1, 0.15) is 5.60 Å². The summed E-state index contributed by atoms with van der Waals surface area (Å²) in [5, 5.41) is 1.15. The predicted octanol–water partition coefficient (Wildman–Crippen LogP) is 4.24. The molecule has 2 aromatic heterocycles. The highest BCUT2D eigenvalue weighted by molar-refractivity contribution is 9.10. The molecule has 0 saturated heterocycles. The van der Waals surface area contributed by atoms with E-state index in [2.05, 4.69) is 20.9 Å². The first-order valence-corrected chi connectivity index (χ1v) is 6.51. The third kappa shape index (κ3) is 2.52. The molecular formula is C12H12BrClN2O2. The van der Waals surface area contributed by atoms with Crippen molar-refractivity contribution >= 4 is 44.7 Å². The van der Waals surface area contributed by atoms with Crippen LogP contribution in [-0.4, -0.2) is 21.2 Å². The van der Waals surface area contributed by atoms with Crippen molar-refractivity contribution in [3.8, 4) is 0 Å². The molecule has 2 heterocycles. The Bertz CT molecular complexity index is 616.